The Hall–Kier alpha value is -3.12. The van der Waals surface area contributed by atoms with Crippen molar-refractivity contribution in [3.8, 4) is 0 Å². The molecule has 2 amide bonds. The number of thiophene rings is 1. The number of nitrogens with one attached hydrogen (secondary N) is 1. The van der Waals surface area contributed by atoms with Crippen molar-refractivity contribution >= 4 is 40.5 Å². The Morgan fingerprint density at radius 1 is 1.17 bits per heavy atom. The number of halogens is 11. The van der Waals surface area contributed by atoms with Crippen LogP contribution in [-0.2, 0) is 26.2 Å². The Morgan fingerprint density at radius 2 is 1.83 bits per heavy atom. The number of hydrogen-bond acceptors (Lipinski definition) is 6. The van der Waals surface area contributed by atoms with Gasteiger partial charge in [0, 0.05) is 5.56 Å². The molecule has 0 aliphatic carbocycles. The molecule has 41 heavy (non-hydrogen) atoms. The minimum absolute atomic E-state index is 0.0259. The number of amides is 2. The van der Waals surface area contributed by atoms with E-state index >= 15 is 0 Å². The molecule has 3 heterocycles. The predicted octanol–water partition coefficient (Wildman–Crippen LogP) is 5.88. The Morgan fingerprint density at radius 3 is 2.41 bits per heavy atom. The number of nitrogens with zero attached hydrogens (tertiary/aromatic N) is 2. The zero-order chi connectivity index (χ0) is 30.7. The second-order valence-electron chi connectivity index (χ2n) is 8.88. The van der Waals surface area contributed by atoms with Gasteiger partial charge in [0.25, 0.3) is 17.4 Å². The first-order chi connectivity index (χ1) is 18.7. The maximum absolute atomic E-state index is 14.8. The van der Waals surface area contributed by atoms with Crippen molar-refractivity contribution in [2.24, 2.45) is 5.16 Å². The molecule has 7 nitrogen and oxygen atoms in total. The molecule has 1 aromatic carbocycles. The van der Waals surface area contributed by atoms with Crippen molar-refractivity contribution in [2.75, 3.05) is 13.2 Å². The van der Waals surface area contributed by atoms with E-state index in [4.69, 9.17) is 11.6 Å². The quantitative estimate of drug-likeness (QED) is 0.414. The summed E-state index contributed by atoms with van der Waals surface area (Å²) in [5.41, 5.74) is -7.28. The van der Waals surface area contributed by atoms with E-state index in [1.165, 1.54) is 13.0 Å². The van der Waals surface area contributed by atoms with Crippen LogP contribution in [0.15, 0.2) is 23.4 Å². The fourth-order valence-electron chi connectivity index (χ4n) is 4.00. The molecule has 0 bridgehead atoms. The number of rotatable bonds is 5. The number of hydrogen-bond donors (Lipinski definition) is 1. The van der Waals surface area contributed by atoms with Crippen LogP contribution in [-0.4, -0.2) is 54.1 Å². The summed E-state index contributed by atoms with van der Waals surface area (Å²) in [5, 5.41) is 4.30. The molecular weight excluding hydrogens is 628 g/mol. The van der Waals surface area contributed by atoms with Gasteiger partial charge in [-0.2, -0.15) is 39.5 Å². The number of alkyl halides is 9. The maximum Gasteiger partial charge on any atom is 0.435 e. The van der Waals surface area contributed by atoms with Crippen LogP contribution in [0.4, 0.5) is 43.9 Å². The van der Waals surface area contributed by atoms with E-state index in [0.29, 0.717) is 11.3 Å². The van der Waals surface area contributed by atoms with Crippen molar-refractivity contribution in [3.63, 3.8) is 0 Å². The Labute approximate surface area is 231 Å². The van der Waals surface area contributed by atoms with Gasteiger partial charge in [-0.25, -0.2) is 9.45 Å². The second kappa shape index (κ2) is 10.3. The molecule has 2 aromatic rings. The number of aryl methyl sites for hydroxylation is 1. The van der Waals surface area contributed by atoms with Gasteiger partial charge in [0.1, 0.15) is 30.7 Å². The van der Waals surface area contributed by atoms with Crippen LogP contribution in [0.2, 0.25) is 5.02 Å². The number of oxime groups is 1. The number of carbonyl (C=O) groups excluding carboxylic acids is 2. The molecule has 2 aliphatic rings. The Balaban J connectivity index is 1.59. The number of carbonyl (C=O) groups is 2. The highest BCUT2D eigenvalue weighted by Gasteiger charge is 2.64. The highest BCUT2D eigenvalue weighted by molar-refractivity contribution is 7.16. The lowest BCUT2D eigenvalue weighted by atomic mass is 9.86. The van der Waals surface area contributed by atoms with Crippen molar-refractivity contribution in [3.05, 3.63) is 55.5 Å². The summed E-state index contributed by atoms with van der Waals surface area (Å²) in [4.78, 5) is 33.8. The molecule has 19 heteroatoms. The van der Waals surface area contributed by atoms with Crippen molar-refractivity contribution in [1.29, 1.82) is 0 Å². The summed E-state index contributed by atoms with van der Waals surface area (Å²) in [6, 6.07) is -0.258. The molecule has 1 N–H and O–H groups in total. The molecule has 2 unspecified atom stereocenters. The topological polar surface area (TPSA) is 80.2 Å². The zero-order valence-electron chi connectivity index (χ0n) is 20.0. The minimum atomic E-state index is -5.50. The molecule has 2 atom stereocenters. The molecule has 1 saturated heterocycles. The van der Waals surface area contributed by atoms with Crippen LogP contribution in [0.1, 0.15) is 37.7 Å². The standard InChI is InChI=1S/C22H14ClF10N3O4S/c1-8-2-14(41-16(8)17(37)34-13-6-39-36(18(13)38)7-20(25,26)27)12-5-19(40-35-12,22(31,32)33)10-3-9(21(28,29)30)4-11(23)15(10)24/h2-4,13H,5-7H2,1H3,(H,34,37). The van der Waals surface area contributed by atoms with E-state index in [1.54, 1.807) is 0 Å². The van der Waals surface area contributed by atoms with Crippen LogP contribution >= 0.6 is 22.9 Å². The van der Waals surface area contributed by atoms with E-state index in [2.05, 4.69) is 20.1 Å². The molecule has 0 radical (unpaired) electrons. The largest absolute Gasteiger partial charge is 0.435 e. The van der Waals surface area contributed by atoms with Gasteiger partial charge in [0.05, 0.1) is 26.8 Å². The normalized spacial score (nSPS) is 21.8. The molecule has 224 valence electrons. The summed E-state index contributed by atoms with van der Waals surface area (Å²) in [5.74, 6) is -3.97. The predicted molar refractivity (Wildman–Crippen MR) is 120 cm³/mol. The van der Waals surface area contributed by atoms with Gasteiger partial charge < -0.3 is 10.2 Å². The monoisotopic (exact) mass is 641 g/mol. The van der Waals surface area contributed by atoms with Gasteiger partial charge in [0.15, 0.2) is 0 Å². The Bertz CT molecular complexity index is 1420. The van der Waals surface area contributed by atoms with Gasteiger partial charge in [-0.3, -0.25) is 14.4 Å². The van der Waals surface area contributed by atoms with E-state index in [1.807, 2.05) is 0 Å². The SMILES string of the molecule is Cc1cc(C2=NOC(c3cc(C(F)(F)F)cc(Cl)c3F)(C(F)(F)F)C2)sc1C(=O)NC1CON(CC(F)(F)F)C1=O. The van der Waals surface area contributed by atoms with E-state index in [-0.39, 0.29) is 32.5 Å². The zero-order valence-corrected chi connectivity index (χ0v) is 21.6. The van der Waals surface area contributed by atoms with Gasteiger partial charge in [-0.05, 0) is 30.7 Å². The summed E-state index contributed by atoms with van der Waals surface area (Å²) in [6.07, 6.45) is -16.7. The van der Waals surface area contributed by atoms with Crippen LogP contribution < -0.4 is 5.32 Å². The number of benzene rings is 1. The first-order valence-corrected chi connectivity index (χ1v) is 12.2. The summed E-state index contributed by atoms with van der Waals surface area (Å²) < 4.78 is 135. The average molecular weight is 642 g/mol. The summed E-state index contributed by atoms with van der Waals surface area (Å²) in [6.45, 7) is -0.992. The van der Waals surface area contributed by atoms with Gasteiger partial charge in [-0.15, -0.1) is 11.3 Å². The van der Waals surface area contributed by atoms with Crippen LogP contribution in [0, 0.1) is 12.7 Å². The third-order valence-electron chi connectivity index (χ3n) is 5.95. The van der Waals surface area contributed by atoms with Crippen molar-refractivity contribution < 1.29 is 63.2 Å². The lowest BCUT2D eigenvalue weighted by Crippen LogP contribution is -2.44. The summed E-state index contributed by atoms with van der Waals surface area (Å²) >= 11 is 6.03. The van der Waals surface area contributed by atoms with Crippen LogP contribution in [0.3, 0.4) is 0 Å². The highest BCUT2D eigenvalue weighted by atomic mass is 35.5. The first-order valence-electron chi connectivity index (χ1n) is 11.0. The van der Waals surface area contributed by atoms with Crippen molar-refractivity contribution in [2.45, 2.75) is 43.5 Å². The highest BCUT2D eigenvalue weighted by Crippen LogP contribution is 2.51. The minimum Gasteiger partial charge on any atom is -0.374 e. The molecule has 0 spiro atoms. The molecule has 4 rings (SSSR count). The molecular formula is C22H14ClF10N3O4S. The third-order valence-corrected chi connectivity index (χ3v) is 7.51. The van der Waals surface area contributed by atoms with Crippen molar-refractivity contribution in [1.82, 2.24) is 10.4 Å². The summed E-state index contributed by atoms with van der Waals surface area (Å²) in [7, 11) is 0. The van der Waals surface area contributed by atoms with E-state index < -0.39 is 89.2 Å². The van der Waals surface area contributed by atoms with Gasteiger partial charge >= 0.3 is 18.5 Å². The molecule has 2 aliphatic heterocycles. The van der Waals surface area contributed by atoms with Gasteiger partial charge in [0.2, 0.25) is 0 Å². The lowest BCUT2D eigenvalue weighted by molar-refractivity contribution is -0.276. The lowest BCUT2D eigenvalue weighted by Gasteiger charge is -2.30. The van der Waals surface area contributed by atoms with E-state index in [0.717, 1.165) is 0 Å². The fraction of sp³-hybridized carbons (Fsp3) is 0.409. The molecule has 1 aromatic heterocycles. The van der Waals surface area contributed by atoms with E-state index in [9.17, 15) is 53.5 Å². The third kappa shape index (κ3) is 5.94. The molecule has 1 fully saturated rings. The first kappa shape index (κ1) is 30.8. The number of hydroxylamine groups is 2. The van der Waals surface area contributed by atoms with Crippen LogP contribution in [0.25, 0.3) is 0 Å². The fourth-order valence-corrected chi connectivity index (χ4v) is 5.27. The van der Waals surface area contributed by atoms with Crippen LogP contribution in [0.5, 0.6) is 0 Å². The second-order valence-corrected chi connectivity index (χ2v) is 10.3. The average Bonchev–Trinajstić information content (AvgIpc) is 3.53. The molecule has 0 saturated carbocycles. The smallest absolute Gasteiger partial charge is 0.374 e. The Kier molecular flexibility index (Phi) is 7.75. The van der Waals surface area contributed by atoms with Gasteiger partial charge in [-0.1, -0.05) is 16.8 Å². The maximum atomic E-state index is 14.8.